The van der Waals surface area contributed by atoms with Crippen LogP contribution in [0, 0.1) is 5.92 Å². The lowest BCUT2D eigenvalue weighted by atomic mass is 10.1. The zero-order valence-corrected chi connectivity index (χ0v) is 11.6. The van der Waals surface area contributed by atoms with E-state index in [4.69, 9.17) is 0 Å². The molecule has 3 rings (SSSR count). The standard InChI is InChI=1S/C15H19N3O2/c1-10(19)18-7-5-11-8-13(2-3-14(11)18)17-15(20)12-4-6-16-9-12/h2-3,8,12,16H,4-7,9H2,1H3,(H,17,20). The van der Waals surface area contributed by atoms with Crippen LogP contribution in [0.15, 0.2) is 18.2 Å². The number of nitrogens with one attached hydrogen (secondary N) is 2. The Labute approximate surface area is 118 Å². The first-order valence-electron chi connectivity index (χ1n) is 7.08. The average Bonchev–Trinajstić information content (AvgIpc) is 3.07. The highest BCUT2D eigenvalue weighted by Crippen LogP contribution is 2.30. The van der Waals surface area contributed by atoms with Gasteiger partial charge in [-0.3, -0.25) is 9.59 Å². The quantitative estimate of drug-likeness (QED) is 0.849. The smallest absolute Gasteiger partial charge is 0.228 e. The zero-order valence-electron chi connectivity index (χ0n) is 11.6. The molecule has 5 heteroatoms. The highest BCUT2D eigenvalue weighted by atomic mass is 16.2. The van der Waals surface area contributed by atoms with Gasteiger partial charge in [0.15, 0.2) is 0 Å². The number of carbonyl (C=O) groups is 2. The summed E-state index contributed by atoms with van der Waals surface area (Å²) in [6.45, 7) is 3.98. The molecular weight excluding hydrogens is 254 g/mol. The molecule has 0 aliphatic carbocycles. The van der Waals surface area contributed by atoms with Crippen LogP contribution in [0.1, 0.15) is 18.9 Å². The van der Waals surface area contributed by atoms with E-state index in [0.717, 1.165) is 49.4 Å². The third-order valence-corrected chi connectivity index (χ3v) is 4.05. The van der Waals surface area contributed by atoms with Crippen LogP contribution in [0.4, 0.5) is 11.4 Å². The lowest BCUT2D eigenvalue weighted by Crippen LogP contribution is -2.26. The summed E-state index contributed by atoms with van der Waals surface area (Å²) < 4.78 is 0. The molecule has 2 aliphatic rings. The van der Waals surface area contributed by atoms with Gasteiger partial charge in [0.2, 0.25) is 11.8 Å². The first-order valence-corrected chi connectivity index (χ1v) is 7.08. The number of rotatable bonds is 2. The first kappa shape index (κ1) is 13.1. The van der Waals surface area contributed by atoms with E-state index in [1.54, 1.807) is 11.8 Å². The SMILES string of the molecule is CC(=O)N1CCc2cc(NC(=O)C3CCNC3)ccc21. The minimum atomic E-state index is 0.0666. The monoisotopic (exact) mass is 273 g/mol. The molecule has 5 nitrogen and oxygen atoms in total. The van der Waals surface area contributed by atoms with Crippen LogP contribution in [0.3, 0.4) is 0 Å². The summed E-state index contributed by atoms with van der Waals surface area (Å²) in [5, 5.41) is 6.17. The van der Waals surface area contributed by atoms with Crippen molar-refractivity contribution in [3.63, 3.8) is 0 Å². The predicted molar refractivity (Wildman–Crippen MR) is 77.8 cm³/mol. The number of fused-ring (bicyclic) bond motifs is 1. The van der Waals surface area contributed by atoms with Gasteiger partial charge in [0.05, 0.1) is 5.92 Å². The van der Waals surface area contributed by atoms with Gasteiger partial charge in [0, 0.05) is 31.4 Å². The number of carbonyl (C=O) groups excluding carboxylic acids is 2. The topological polar surface area (TPSA) is 61.4 Å². The highest BCUT2D eigenvalue weighted by Gasteiger charge is 2.24. The van der Waals surface area contributed by atoms with Crippen LogP contribution in [-0.2, 0) is 16.0 Å². The van der Waals surface area contributed by atoms with Crippen LogP contribution >= 0.6 is 0 Å². The van der Waals surface area contributed by atoms with Crippen molar-refractivity contribution in [1.29, 1.82) is 0 Å². The number of anilines is 2. The summed E-state index contributed by atoms with van der Waals surface area (Å²) in [7, 11) is 0. The second-order valence-corrected chi connectivity index (χ2v) is 5.44. The summed E-state index contributed by atoms with van der Waals surface area (Å²) in [5.74, 6) is 0.214. The van der Waals surface area contributed by atoms with Gasteiger partial charge in [-0.25, -0.2) is 0 Å². The fraction of sp³-hybridized carbons (Fsp3) is 0.467. The van der Waals surface area contributed by atoms with Crippen LogP contribution in [-0.4, -0.2) is 31.4 Å². The molecule has 106 valence electrons. The predicted octanol–water partition coefficient (Wildman–Crippen LogP) is 1.14. The van der Waals surface area contributed by atoms with E-state index in [-0.39, 0.29) is 17.7 Å². The average molecular weight is 273 g/mol. The van der Waals surface area contributed by atoms with Crippen molar-refractivity contribution in [2.45, 2.75) is 19.8 Å². The van der Waals surface area contributed by atoms with Gasteiger partial charge in [-0.05, 0) is 43.1 Å². The molecule has 1 atom stereocenters. The number of hydrogen-bond donors (Lipinski definition) is 2. The molecule has 0 aromatic heterocycles. The number of hydrogen-bond acceptors (Lipinski definition) is 3. The fourth-order valence-electron chi connectivity index (χ4n) is 2.93. The van der Waals surface area contributed by atoms with Gasteiger partial charge in [0.25, 0.3) is 0 Å². The Bertz CT molecular complexity index is 550. The molecule has 20 heavy (non-hydrogen) atoms. The van der Waals surface area contributed by atoms with Gasteiger partial charge in [-0.15, -0.1) is 0 Å². The molecule has 0 spiro atoms. The van der Waals surface area contributed by atoms with Crippen LogP contribution < -0.4 is 15.5 Å². The zero-order chi connectivity index (χ0) is 14.1. The molecule has 1 unspecified atom stereocenters. The molecular formula is C15H19N3O2. The molecule has 2 amide bonds. The minimum Gasteiger partial charge on any atom is -0.326 e. The van der Waals surface area contributed by atoms with E-state index in [9.17, 15) is 9.59 Å². The number of amides is 2. The summed E-state index contributed by atoms with van der Waals surface area (Å²) in [6, 6.07) is 5.78. The normalized spacial score (nSPS) is 20.9. The molecule has 2 N–H and O–H groups in total. The van der Waals surface area contributed by atoms with Crippen molar-refractivity contribution in [3.8, 4) is 0 Å². The van der Waals surface area contributed by atoms with E-state index in [2.05, 4.69) is 10.6 Å². The van der Waals surface area contributed by atoms with Gasteiger partial charge in [0.1, 0.15) is 0 Å². The first-order chi connectivity index (χ1) is 9.65. The maximum Gasteiger partial charge on any atom is 0.228 e. The fourth-order valence-corrected chi connectivity index (χ4v) is 2.93. The van der Waals surface area contributed by atoms with Crippen molar-refractivity contribution in [2.75, 3.05) is 29.9 Å². The maximum absolute atomic E-state index is 12.1. The minimum absolute atomic E-state index is 0.0666. The summed E-state index contributed by atoms with van der Waals surface area (Å²) in [4.78, 5) is 25.3. The largest absolute Gasteiger partial charge is 0.326 e. The van der Waals surface area contributed by atoms with Gasteiger partial charge < -0.3 is 15.5 Å². The summed E-state index contributed by atoms with van der Waals surface area (Å²) in [6.07, 6.45) is 1.75. The van der Waals surface area contributed by atoms with E-state index in [0.29, 0.717) is 0 Å². The molecule has 2 aliphatic heterocycles. The van der Waals surface area contributed by atoms with E-state index >= 15 is 0 Å². The van der Waals surface area contributed by atoms with Crippen molar-refractivity contribution in [2.24, 2.45) is 5.92 Å². The molecule has 2 heterocycles. The van der Waals surface area contributed by atoms with Crippen molar-refractivity contribution in [3.05, 3.63) is 23.8 Å². The van der Waals surface area contributed by atoms with Crippen molar-refractivity contribution < 1.29 is 9.59 Å². The van der Waals surface area contributed by atoms with Crippen LogP contribution in [0.25, 0.3) is 0 Å². The second kappa shape index (κ2) is 5.25. The summed E-state index contributed by atoms with van der Waals surface area (Å²) >= 11 is 0. The molecule has 0 saturated carbocycles. The Balaban J connectivity index is 1.73. The van der Waals surface area contributed by atoms with Crippen LogP contribution in [0.2, 0.25) is 0 Å². The second-order valence-electron chi connectivity index (χ2n) is 5.44. The van der Waals surface area contributed by atoms with E-state index in [1.807, 2.05) is 18.2 Å². The molecule has 0 bridgehead atoms. The van der Waals surface area contributed by atoms with Gasteiger partial charge in [-0.2, -0.15) is 0 Å². The lowest BCUT2D eigenvalue weighted by Gasteiger charge is -2.15. The van der Waals surface area contributed by atoms with Crippen molar-refractivity contribution >= 4 is 23.2 Å². The number of nitrogens with zero attached hydrogens (tertiary/aromatic N) is 1. The summed E-state index contributed by atoms with van der Waals surface area (Å²) in [5.41, 5.74) is 2.92. The van der Waals surface area contributed by atoms with E-state index in [1.165, 1.54) is 0 Å². The lowest BCUT2D eigenvalue weighted by molar-refractivity contribution is -0.119. The highest BCUT2D eigenvalue weighted by molar-refractivity contribution is 5.96. The molecule has 0 radical (unpaired) electrons. The third-order valence-electron chi connectivity index (χ3n) is 4.05. The Morgan fingerprint density at radius 3 is 2.95 bits per heavy atom. The Kier molecular flexibility index (Phi) is 3.44. The Morgan fingerprint density at radius 1 is 1.40 bits per heavy atom. The van der Waals surface area contributed by atoms with E-state index < -0.39 is 0 Å². The van der Waals surface area contributed by atoms with Crippen LogP contribution in [0.5, 0.6) is 0 Å². The Hall–Kier alpha value is -1.88. The third kappa shape index (κ3) is 2.41. The molecule has 1 aromatic rings. The van der Waals surface area contributed by atoms with Gasteiger partial charge in [-0.1, -0.05) is 0 Å². The maximum atomic E-state index is 12.1. The number of benzene rings is 1. The van der Waals surface area contributed by atoms with Crippen molar-refractivity contribution in [1.82, 2.24) is 5.32 Å². The van der Waals surface area contributed by atoms with Gasteiger partial charge >= 0.3 is 0 Å². The molecule has 1 saturated heterocycles. The Morgan fingerprint density at radius 2 is 2.25 bits per heavy atom. The molecule has 1 fully saturated rings. The molecule has 1 aromatic carbocycles.